The summed E-state index contributed by atoms with van der Waals surface area (Å²) in [5.74, 6) is -3.18. The molecule has 0 atom stereocenters. The second-order valence-electron chi connectivity index (χ2n) is 6.31. The molecule has 1 aliphatic rings. The standard InChI is InChI=1S/C20H15N3O9/c1-31-16-8-11(5-6-15(16)32-10-17(24)25)7-14-18(26)21-20(28)22(19(14)27)12-3-2-4-13(9-12)23(29)30/h2-9H,10H2,1H3,(H,24,25)(H,21,26,28)/p-1/b14-7+. The molecule has 0 aliphatic carbocycles. The zero-order valence-electron chi connectivity index (χ0n) is 16.4. The SMILES string of the molecule is COc1cc(/C=C2\C(=O)NC(=O)N(c3cccc([N+](=O)[O-])c3)C2=O)ccc1OCC(=O)[O-]. The highest BCUT2D eigenvalue weighted by Crippen LogP contribution is 2.30. The molecular formula is C20H14N3O9-. The Morgan fingerprint density at radius 1 is 1.16 bits per heavy atom. The van der Waals surface area contributed by atoms with Crippen molar-refractivity contribution >= 4 is 41.3 Å². The molecule has 1 fully saturated rings. The molecule has 2 aromatic carbocycles. The zero-order chi connectivity index (χ0) is 23.4. The number of carbonyl (C=O) groups is 4. The van der Waals surface area contributed by atoms with Crippen molar-refractivity contribution in [3.63, 3.8) is 0 Å². The second-order valence-corrected chi connectivity index (χ2v) is 6.31. The van der Waals surface area contributed by atoms with Crippen LogP contribution in [0.1, 0.15) is 5.56 Å². The van der Waals surface area contributed by atoms with Gasteiger partial charge in [0.05, 0.1) is 23.7 Å². The number of barbiturate groups is 1. The molecule has 32 heavy (non-hydrogen) atoms. The van der Waals surface area contributed by atoms with Gasteiger partial charge in [0, 0.05) is 12.1 Å². The van der Waals surface area contributed by atoms with Crippen molar-refractivity contribution in [2.45, 2.75) is 0 Å². The van der Waals surface area contributed by atoms with Crippen molar-refractivity contribution in [1.29, 1.82) is 0 Å². The van der Waals surface area contributed by atoms with Crippen LogP contribution in [0, 0.1) is 10.1 Å². The Labute approximate surface area is 179 Å². The maximum absolute atomic E-state index is 12.9. The number of carboxylic acids is 1. The Balaban J connectivity index is 1.96. The van der Waals surface area contributed by atoms with Gasteiger partial charge in [0.15, 0.2) is 11.5 Å². The Kier molecular flexibility index (Phi) is 6.14. The van der Waals surface area contributed by atoms with Gasteiger partial charge in [-0.05, 0) is 29.8 Å². The van der Waals surface area contributed by atoms with Crippen LogP contribution >= 0.6 is 0 Å². The minimum absolute atomic E-state index is 0.0895. The lowest BCUT2D eigenvalue weighted by atomic mass is 10.1. The average Bonchev–Trinajstić information content (AvgIpc) is 2.75. The van der Waals surface area contributed by atoms with Crippen molar-refractivity contribution in [1.82, 2.24) is 5.32 Å². The normalized spacial score (nSPS) is 14.8. The lowest BCUT2D eigenvalue weighted by Gasteiger charge is -2.26. The third-order valence-corrected chi connectivity index (χ3v) is 4.24. The highest BCUT2D eigenvalue weighted by atomic mass is 16.6. The van der Waals surface area contributed by atoms with Crippen LogP contribution in [-0.4, -0.2) is 42.5 Å². The highest BCUT2D eigenvalue weighted by Gasteiger charge is 2.37. The van der Waals surface area contributed by atoms with Crippen LogP contribution < -0.4 is 24.8 Å². The van der Waals surface area contributed by atoms with Crippen molar-refractivity contribution in [3.05, 3.63) is 63.7 Å². The van der Waals surface area contributed by atoms with E-state index in [-0.39, 0.29) is 22.9 Å². The van der Waals surface area contributed by atoms with Gasteiger partial charge in [-0.3, -0.25) is 25.0 Å². The first kappa shape index (κ1) is 22.0. The van der Waals surface area contributed by atoms with E-state index in [9.17, 15) is 34.4 Å². The van der Waals surface area contributed by atoms with Gasteiger partial charge in [-0.1, -0.05) is 12.1 Å². The fraction of sp³-hybridized carbons (Fsp3) is 0.100. The predicted octanol–water partition coefficient (Wildman–Crippen LogP) is 0.398. The highest BCUT2D eigenvalue weighted by molar-refractivity contribution is 6.39. The molecule has 0 bridgehead atoms. The number of anilines is 1. The number of aliphatic carboxylic acids is 1. The number of nitrogens with one attached hydrogen (secondary N) is 1. The van der Waals surface area contributed by atoms with Crippen LogP contribution in [0.5, 0.6) is 11.5 Å². The molecule has 1 aliphatic heterocycles. The number of rotatable bonds is 7. The van der Waals surface area contributed by atoms with E-state index in [0.29, 0.717) is 10.5 Å². The molecule has 4 amide bonds. The van der Waals surface area contributed by atoms with Gasteiger partial charge in [0.25, 0.3) is 17.5 Å². The fourth-order valence-corrected chi connectivity index (χ4v) is 2.83. The largest absolute Gasteiger partial charge is 0.546 e. The lowest BCUT2D eigenvalue weighted by molar-refractivity contribution is -0.384. The smallest absolute Gasteiger partial charge is 0.335 e. The summed E-state index contributed by atoms with van der Waals surface area (Å²) in [6.45, 7) is -0.710. The number of ether oxygens (including phenoxy) is 2. The molecule has 3 rings (SSSR count). The van der Waals surface area contributed by atoms with Crippen molar-refractivity contribution in [3.8, 4) is 11.5 Å². The van der Waals surface area contributed by atoms with Crippen molar-refractivity contribution in [2.24, 2.45) is 0 Å². The van der Waals surface area contributed by atoms with Gasteiger partial charge < -0.3 is 19.4 Å². The molecule has 2 aromatic rings. The van der Waals surface area contributed by atoms with E-state index in [1.54, 1.807) is 0 Å². The number of imide groups is 2. The van der Waals surface area contributed by atoms with Crippen LogP contribution in [-0.2, 0) is 14.4 Å². The maximum Gasteiger partial charge on any atom is 0.335 e. The van der Waals surface area contributed by atoms with Gasteiger partial charge >= 0.3 is 6.03 Å². The number of nitro groups is 1. The summed E-state index contributed by atoms with van der Waals surface area (Å²) in [7, 11) is 1.30. The first-order chi connectivity index (χ1) is 15.2. The number of non-ortho nitro benzene ring substituents is 1. The quantitative estimate of drug-likeness (QED) is 0.277. The van der Waals surface area contributed by atoms with E-state index in [1.165, 1.54) is 49.6 Å². The van der Waals surface area contributed by atoms with E-state index < -0.39 is 40.9 Å². The average molecular weight is 440 g/mol. The van der Waals surface area contributed by atoms with E-state index in [0.717, 1.165) is 6.07 Å². The fourth-order valence-electron chi connectivity index (χ4n) is 2.83. The molecule has 0 saturated carbocycles. The van der Waals surface area contributed by atoms with Crippen molar-refractivity contribution in [2.75, 3.05) is 18.6 Å². The number of nitrogens with zero attached hydrogens (tertiary/aromatic N) is 2. The van der Waals surface area contributed by atoms with Gasteiger partial charge in [-0.25, -0.2) is 9.69 Å². The maximum atomic E-state index is 12.9. The molecule has 12 nitrogen and oxygen atoms in total. The number of methoxy groups -OCH3 is 1. The molecule has 0 spiro atoms. The molecule has 1 saturated heterocycles. The molecule has 0 aromatic heterocycles. The molecule has 164 valence electrons. The number of hydrogen-bond acceptors (Lipinski definition) is 9. The monoisotopic (exact) mass is 440 g/mol. The van der Waals surface area contributed by atoms with E-state index in [1.807, 2.05) is 5.32 Å². The Morgan fingerprint density at radius 2 is 1.91 bits per heavy atom. The molecular weight excluding hydrogens is 426 g/mol. The number of nitro benzene ring substituents is 1. The molecule has 0 unspecified atom stereocenters. The molecule has 12 heteroatoms. The summed E-state index contributed by atoms with van der Waals surface area (Å²) in [5.41, 5.74) is -0.554. The van der Waals surface area contributed by atoms with Crippen LogP contribution in [0.4, 0.5) is 16.2 Å². The zero-order valence-corrected chi connectivity index (χ0v) is 16.4. The van der Waals surface area contributed by atoms with E-state index in [4.69, 9.17) is 9.47 Å². The van der Waals surface area contributed by atoms with Gasteiger partial charge in [0.2, 0.25) is 0 Å². The van der Waals surface area contributed by atoms with Crippen LogP contribution in [0.15, 0.2) is 48.0 Å². The third kappa shape index (κ3) is 4.53. The molecule has 1 heterocycles. The van der Waals surface area contributed by atoms with Gasteiger partial charge in [0.1, 0.15) is 12.2 Å². The molecule has 1 N–H and O–H groups in total. The van der Waals surface area contributed by atoms with Crippen LogP contribution in [0.25, 0.3) is 6.08 Å². The third-order valence-electron chi connectivity index (χ3n) is 4.24. The summed E-state index contributed by atoms with van der Waals surface area (Å²) in [6, 6.07) is 7.94. The number of urea groups is 1. The number of carbonyl (C=O) groups excluding carboxylic acids is 4. The van der Waals surface area contributed by atoms with E-state index in [2.05, 4.69) is 0 Å². The summed E-state index contributed by atoms with van der Waals surface area (Å²) in [6.07, 6.45) is 1.18. The topological polar surface area (TPSA) is 168 Å². The summed E-state index contributed by atoms with van der Waals surface area (Å²) in [5, 5.41) is 23.6. The summed E-state index contributed by atoms with van der Waals surface area (Å²) < 4.78 is 10.2. The Hall–Kier alpha value is -4.74. The van der Waals surface area contributed by atoms with Gasteiger partial charge in [-0.15, -0.1) is 0 Å². The minimum atomic E-state index is -1.44. The lowest BCUT2D eigenvalue weighted by Crippen LogP contribution is -2.54. The van der Waals surface area contributed by atoms with Crippen LogP contribution in [0.2, 0.25) is 0 Å². The van der Waals surface area contributed by atoms with Crippen LogP contribution in [0.3, 0.4) is 0 Å². The van der Waals surface area contributed by atoms with E-state index >= 15 is 0 Å². The number of hydrogen-bond donors (Lipinski definition) is 1. The second kappa shape index (κ2) is 8.95. The first-order valence-electron chi connectivity index (χ1n) is 8.88. The summed E-state index contributed by atoms with van der Waals surface area (Å²) >= 11 is 0. The summed E-state index contributed by atoms with van der Waals surface area (Å²) in [4.78, 5) is 58.9. The number of amides is 4. The minimum Gasteiger partial charge on any atom is -0.546 e. The molecule has 0 radical (unpaired) electrons. The number of benzene rings is 2. The Morgan fingerprint density at radius 3 is 2.56 bits per heavy atom. The Bertz CT molecular complexity index is 1170. The van der Waals surface area contributed by atoms with Gasteiger partial charge in [-0.2, -0.15) is 0 Å². The van der Waals surface area contributed by atoms with Crippen molar-refractivity contribution < 1.29 is 38.7 Å². The number of carboxylic acid groups (broad SMARTS) is 1. The first-order valence-corrected chi connectivity index (χ1v) is 8.88. The predicted molar refractivity (Wildman–Crippen MR) is 106 cm³/mol.